The molecule has 14 heteroatoms. The zero-order valence-electron chi connectivity index (χ0n) is 27.9. The molecule has 1 saturated heterocycles. The van der Waals surface area contributed by atoms with E-state index in [0.29, 0.717) is 19.4 Å². The van der Waals surface area contributed by atoms with Crippen molar-refractivity contribution in [2.75, 3.05) is 26.7 Å². The van der Waals surface area contributed by atoms with Gasteiger partial charge in [0, 0.05) is 19.6 Å². The summed E-state index contributed by atoms with van der Waals surface area (Å²) >= 11 is 0. The molecule has 0 aromatic heterocycles. The van der Waals surface area contributed by atoms with Gasteiger partial charge in [0.05, 0.1) is 13.0 Å². The fourth-order valence-corrected chi connectivity index (χ4v) is 4.77. The normalized spacial score (nSPS) is 14.8. The second-order valence-corrected chi connectivity index (χ2v) is 12.1. The van der Waals surface area contributed by atoms with Crippen LogP contribution in [0.15, 0.2) is 65.7 Å². The van der Waals surface area contributed by atoms with E-state index in [1.54, 1.807) is 45.0 Å². The Morgan fingerprint density at radius 2 is 1.44 bits per heavy atom. The summed E-state index contributed by atoms with van der Waals surface area (Å²) in [6.45, 7) is 5.74. The van der Waals surface area contributed by atoms with Gasteiger partial charge >= 0.3 is 24.2 Å². The van der Waals surface area contributed by atoms with E-state index in [1.807, 2.05) is 36.4 Å². The number of rotatable bonds is 11. The van der Waals surface area contributed by atoms with Gasteiger partial charge in [0.1, 0.15) is 24.9 Å². The van der Waals surface area contributed by atoms with Crippen LogP contribution in [0.25, 0.3) is 0 Å². The lowest BCUT2D eigenvalue weighted by atomic mass is 9.97. The number of aliphatic imine (C=N–C) groups is 1. The van der Waals surface area contributed by atoms with Crippen LogP contribution in [-0.4, -0.2) is 79.4 Å². The first-order chi connectivity index (χ1) is 22.9. The zero-order valence-corrected chi connectivity index (χ0v) is 27.9. The van der Waals surface area contributed by atoms with Crippen LogP contribution in [-0.2, 0) is 41.8 Å². The summed E-state index contributed by atoms with van der Waals surface area (Å²) in [6.07, 6.45) is -0.874. The van der Waals surface area contributed by atoms with Crippen molar-refractivity contribution < 1.29 is 42.9 Å². The molecule has 0 bridgehead atoms. The predicted octanol–water partition coefficient (Wildman–Crippen LogP) is 4.28. The predicted molar refractivity (Wildman–Crippen MR) is 176 cm³/mol. The Morgan fingerprint density at radius 1 is 0.875 bits per heavy atom. The minimum atomic E-state index is -0.984. The molecule has 260 valence electrons. The second-order valence-electron chi connectivity index (χ2n) is 12.1. The maximum atomic E-state index is 13.6. The number of nitrogens with zero attached hydrogens (tertiary/aromatic N) is 2. The number of alkyl carbamates (subject to hydrolysis) is 3. The van der Waals surface area contributed by atoms with Crippen molar-refractivity contribution >= 4 is 36.1 Å². The largest absolute Gasteiger partial charge is 0.469 e. The Bertz CT molecular complexity index is 1340. The molecule has 14 nitrogen and oxygen atoms in total. The number of carbonyl (C=O) groups excluding carboxylic acids is 5. The minimum Gasteiger partial charge on any atom is -0.469 e. The van der Waals surface area contributed by atoms with Gasteiger partial charge in [-0.2, -0.15) is 0 Å². The molecular weight excluding hydrogens is 622 g/mol. The Hall–Kier alpha value is -5.14. The van der Waals surface area contributed by atoms with E-state index < -0.39 is 41.8 Å². The summed E-state index contributed by atoms with van der Waals surface area (Å²) in [5, 5.41) is 7.50. The van der Waals surface area contributed by atoms with Crippen molar-refractivity contribution in [2.24, 2.45) is 10.9 Å². The Kier molecular flexibility index (Phi) is 14.7. The topological polar surface area (TPSA) is 174 Å². The quantitative estimate of drug-likeness (QED) is 0.104. The van der Waals surface area contributed by atoms with Crippen LogP contribution in [0.5, 0.6) is 0 Å². The fraction of sp³-hybridized carbons (Fsp3) is 0.471. The molecule has 1 aliphatic rings. The van der Waals surface area contributed by atoms with Crippen LogP contribution in [0.1, 0.15) is 57.6 Å². The smallest absolute Gasteiger partial charge is 0.414 e. The standard InChI is InChI=1S/C34H45N5O9/c1-34(2,3)48-33(44)36-27(28(40)39-20-12-17-26(21-39)29(41)45-4)18-11-19-35-30(37-31(42)46-22-24-13-7-5-8-14-24)38-32(43)47-23-25-15-9-6-10-16-25/h5-10,13-16,26-27H,11-12,17-23H2,1-4H3,(H,36,44)(H2,35,37,38,42,43)/t26?,27-/m0/s1. The molecule has 0 aliphatic carbocycles. The van der Waals surface area contributed by atoms with Gasteiger partial charge in [-0.15, -0.1) is 0 Å². The van der Waals surface area contributed by atoms with Gasteiger partial charge in [0.25, 0.3) is 0 Å². The van der Waals surface area contributed by atoms with Gasteiger partial charge in [-0.1, -0.05) is 60.7 Å². The van der Waals surface area contributed by atoms with E-state index in [9.17, 15) is 24.0 Å². The lowest BCUT2D eigenvalue weighted by molar-refractivity contribution is -0.149. The minimum absolute atomic E-state index is 0.00807. The third-order valence-corrected chi connectivity index (χ3v) is 7.04. The summed E-state index contributed by atoms with van der Waals surface area (Å²) in [5.74, 6) is -1.44. The van der Waals surface area contributed by atoms with E-state index in [0.717, 1.165) is 11.1 Å². The van der Waals surface area contributed by atoms with Crippen LogP contribution in [0.4, 0.5) is 14.4 Å². The average molecular weight is 668 g/mol. The van der Waals surface area contributed by atoms with Gasteiger partial charge in [-0.3, -0.25) is 25.2 Å². The molecular formula is C34H45N5O9. The molecule has 1 heterocycles. The van der Waals surface area contributed by atoms with Crippen LogP contribution >= 0.6 is 0 Å². The number of esters is 1. The Labute approximate surface area is 280 Å². The Balaban J connectivity index is 1.67. The fourth-order valence-electron chi connectivity index (χ4n) is 4.77. The number of ether oxygens (including phenoxy) is 4. The van der Waals surface area contributed by atoms with Crippen molar-refractivity contribution in [1.29, 1.82) is 0 Å². The summed E-state index contributed by atoms with van der Waals surface area (Å²) in [7, 11) is 1.31. The monoisotopic (exact) mass is 667 g/mol. The van der Waals surface area contributed by atoms with Gasteiger partial charge in [-0.05, 0) is 57.6 Å². The number of methoxy groups -OCH3 is 1. The highest BCUT2D eigenvalue weighted by Crippen LogP contribution is 2.19. The number of benzene rings is 2. The maximum Gasteiger partial charge on any atom is 0.414 e. The van der Waals surface area contributed by atoms with Crippen LogP contribution in [0.3, 0.4) is 0 Å². The first-order valence-corrected chi connectivity index (χ1v) is 15.8. The molecule has 2 aromatic carbocycles. The number of likely N-dealkylation sites (tertiary alicyclic amines) is 1. The molecule has 1 unspecified atom stereocenters. The number of carbonyl (C=O) groups is 5. The highest BCUT2D eigenvalue weighted by atomic mass is 16.6. The molecule has 1 aliphatic heterocycles. The van der Waals surface area contributed by atoms with Crippen molar-refractivity contribution in [3.63, 3.8) is 0 Å². The number of hydrogen-bond acceptors (Lipinski definition) is 10. The first kappa shape index (κ1) is 37.3. The van der Waals surface area contributed by atoms with Crippen molar-refractivity contribution in [3.05, 3.63) is 71.8 Å². The van der Waals surface area contributed by atoms with E-state index in [4.69, 9.17) is 18.9 Å². The molecule has 3 rings (SSSR count). The molecule has 0 radical (unpaired) electrons. The Morgan fingerprint density at radius 3 is 1.96 bits per heavy atom. The molecule has 0 saturated carbocycles. The number of nitrogens with one attached hydrogen (secondary N) is 3. The average Bonchev–Trinajstić information content (AvgIpc) is 3.07. The molecule has 1 fully saturated rings. The molecule has 4 amide bonds. The number of amides is 4. The lowest BCUT2D eigenvalue weighted by Gasteiger charge is -2.34. The van der Waals surface area contributed by atoms with Crippen molar-refractivity contribution in [2.45, 2.75) is 71.3 Å². The molecule has 48 heavy (non-hydrogen) atoms. The van der Waals surface area contributed by atoms with Crippen LogP contribution in [0, 0.1) is 5.92 Å². The highest BCUT2D eigenvalue weighted by Gasteiger charge is 2.33. The molecule has 2 atom stereocenters. The summed E-state index contributed by atoms with van der Waals surface area (Å²) in [5.41, 5.74) is 0.738. The molecule has 3 N–H and O–H groups in total. The van der Waals surface area contributed by atoms with Crippen molar-refractivity contribution in [3.8, 4) is 0 Å². The van der Waals surface area contributed by atoms with E-state index in [-0.39, 0.29) is 51.0 Å². The van der Waals surface area contributed by atoms with Crippen molar-refractivity contribution in [1.82, 2.24) is 20.9 Å². The number of guanidine groups is 1. The summed E-state index contributed by atoms with van der Waals surface area (Å²) in [6, 6.07) is 17.1. The summed E-state index contributed by atoms with van der Waals surface area (Å²) in [4.78, 5) is 69.4. The second kappa shape index (κ2) is 18.9. The van der Waals surface area contributed by atoms with E-state index >= 15 is 0 Å². The number of piperidine rings is 1. The van der Waals surface area contributed by atoms with Gasteiger partial charge in [0.2, 0.25) is 11.9 Å². The molecule has 0 spiro atoms. The highest BCUT2D eigenvalue weighted by molar-refractivity contribution is 6.01. The third-order valence-electron chi connectivity index (χ3n) is 7.04. The lowest BCUT2D eigenvalue weighted by Crippen LogP contribution is -2.52. The maximum absolute atomic E-state index is 13.6. The SMILES string of the molecule is COC(=O)C1CCCN(C(=O)[C@H](CCCN=C(NC(=O)OCc2ccccc2)NC(=O)OCc2ccccc2)NC(=O)OC(C)(C)C)C1. The summed E-state index contributed by atoms with van der Waals surface area (Å²) < 4.78 is 20.8. The van der Waals surface area contributed by atoms with Gasteiger partial charge in [-0.25, -0.2) is 14.4 Å². The third kappa shape index (κ3) is 13.7. The first-order valence-electron chi connectivity index (χ1n) is 15.8. The van der Waals surface area contributed by atoms with E-state index in [1.165, 1.54) is 12.0 Å². The van der Waals surface area contributed by atoms with Gasteiger partial charge in [0.15, 0.2) is 0 Å². The number of hydrogen-bond donors (Lipinski definition) is 3. The van der Waals surface area contributed by atoms with Gasteiger partial charge < -0.3 is 29.2 Å². The van der Waals surface area contributed by atoms with E-state index in [2.05, 4.69) is 20.9 Å². The molecule has 2 aromatic rings. The van der Waals surface area contributed by atoms with Crippen LogP contribution in [0.2, 0.25) is 0 Å². The zero-order chi connectivity index (χ0) is 34.9. The van der Waals surface area contributed by atoms with Crippen LogP contribution < -0.4 is 16.0 Å².